The van der Waals surface area contributed by atoms with E-state index in [1.54, 1.807) is 0 Å². The number of hydroxylamine groups is 1. The van der Waals surface area contributed by atoms with Gasteiger partial charge in [0.2, 0.25) is 0 Å². The van der Waals surface area contributed by atoms with E-state index in [1.807, 2.05) is 0 Å². The van der Waals surface area contributed by atoms with E-state index in [0.717, 1.165) is 23.7 Å². The van der Waals surface area contributed by atoms with Crippen molar-refractivity contribution in [1.82, 2.24) is 8.77 Å². The number of hydrogen-bond acceptors (Lipinski definition) is 3. The molecule has 0 amide bonds. The zero-order valence-electron chi connectivity index (χ0n) is 7.48. The molecule has 2 aliphatic heterocycles. The van der Waals surface area contributed by atoms with Gasteiger partial charge in [-0.25, -0.2) is 0 Å². The Labute approximate surface area is 78.4 Å². The molecule has 0 atom stereocenters. The van der Waals surface area contributed by atoms with Gasteiger partial charge in [-0.05, 0) is 19.3 Å². The molecule has 0 aromatic heterocycles. The summed E-state index contributed by atoms with van der Waals surface area (Å²) in [5.74, 6) is 0. The van der Waals surface area contributed by atoms with Gasteiger partial charge < -0.3 is 0 Å². The predicted octanol–water partition coefficient (Wildman–Crippen LogP) is -0.0357. The van der Waals surface area contributed by atoms with E-state index in [1.165, 1.54) is 4.31 Å². The maximum absolute atomic E-state index is 11.7. The van der Waals surface area contributed by atoms with Gasteiger partial charge in [-0.2, -0.15) is 12.7 Å². The smallest absolute Gasteiger partial charge is 0.283 e. The van der Waals surface area contributed by atoms with Crippen LogP contribution in [0.1, 0.15) is 19.3 Å². The largest absolute Gasteiger partial charge is 0.304 e. The first-order valence-electron chi connectivity index (χ1n) is 4.62. The first kappa shape index (κ1) is 9.39. The fourth-order valence-corrected chi connectivity index (χ4v) is 2.95. The third-order valence-corrected chi connectivity index (χ3v) is 4.19. The lowest BCUT2D eigenvalue weighted by molar-refractivity contribution is -0.113. The van der Waals surface area contributed by atoms with Crippen molar-refractivity contribution >= 4 is 10.2 Å². The standard InChI is InChI=1S/C7H14N2O3S/c10-13(11,8-4-3-5-8)9-6-1-2-7-12-9/h1-7H2. The minimum Gasteiger partial charge on any atom is -0.283 e. The summed E-state index contributed by atoms with van der Waals surface area (Å²) in [5, 5.41) is 0. The maximum atomic E-state index is 11.7. The van der Waals surface area contributed by atoms with Crippen LogP contribution in [0.25, 0.3) is 0 Å². The fourth-order valence-electron chi connectivity index (χ4n) is 1.40. The minimum atomic E-state index is -3.28. The Morgan fingerprint density at radius 1 is 1.00 bits per heavy atom. The summed E-state index contributed by atoms with van der Waals surface area (Å²) in [7, 11) is -3.28. The van der Waals surface area contributed by atoms with Crippen LogP contribution in [0, 0.1) is 0 Å². The molecule has 0 N–H and O–H groups in total. The molecule has 0 radical (unpaired) electrons. The SMILES string of the molecule is O=S(=O)(N1CCC1)N1CCCCO1. The second-order valence-electron chi connectivity index (χ2n) is 3.33. The molecule has 0 saturated carbocycles. The molecule has 0 aliphatic carbocycles. The summed E-state index contributed by atoms with van der Waals surface area (Å²) in [4.78, 5) is 5.10. The lowest BCUT2D eigenvalue weighted by Gasteiger charge is -2.35. The number of rotatable bonds is 2. The molecule has 5 nitrogen and oxygen atoms in total. The van der Waals surface area contributed by atoms with Gasteiger partial charge in [-0.1, -0.05) is 4.47 Å². The summed E-state index contributed by atoms with van der Waals surface area (Å²) in [5.41, 5.74) is 0. The highest BCUT2D eigenvalue weighted by atomic mass is 32.2. The maximum Gasteiger partial charge on any atom is 0.304 e. The molecule has 6 heteroatoms. The zero-order chi connectivity index (χ0) is 9.31. The zero-order valence-corrected chi connectivity index (χ0v) is 8.29. The van der Waals surface area contributed by atoms with Gasteiger partial charge in [0.1, 0.15) is 0 Å². The van der Waals surface area contributed by atoms with Gasteiger partial charge in [0, 0.05) is 19.6 Å². The minimum absolute atomic E-state index is 0.499. The van der Waals surface area contributed by atoms with Gasteiger partial charge >= 0.3 is 10.2 Å². The van der Waals surface area contributed by atoms with Crippen LogP contribution < -0.4 is 0 Å². The second-order valence-corrected chi connectivity index (χ2v) is 5.15. The van der Waals surface area contributed by atoms with Crippen LogP contribution in [0.2, 0.25) is 0 Å². The summed E-state index contributed by atoms with van der Waals surface area (Å²) >= 11 is 0. The second kappa shape index (κ2) is 3.53. The highest BCUT2D eigenvalue weighted by molar-refractivity contribution is 7.86. The topological polar surface area (TPSA) is 49.9 Å². The van der Waals surface area contributed by atoms with Gasteiger partial charge in [0.05, 0.1) is 6.61 Å². The van der Waals surface area contributed by atoms with Gasteiger partial charge in [0.15, 0.2) is 0 Å². The Morgan fingerprint density at radius 3 is 2.23 bits per heavy atom. The lowest BCUT2D eigenvalue weighted by atomic mass is 10.3. The lowest BCUT2D eigenvalue weighted by Crippen LogP contribution is -2.51. The highest BCUT2D eigenvalue weighted by Gasteiger charge is 2.35. The summed E-state index contributed by atoms with van der Waals surface area (Å²) < 4.78 is 26.0. The molecule has 2 aliphatic rings. The molecule has 0 aromatic carbocycles. The van der Waals surface area contributed by atoms with Crippen molar-refractivity contribution in [1.29, 1.82) is 0 Å². The third-order valence-electron chi connectivity index (χ3n) is 2.37. The van der Waals surface area contributed by atoms with Crippen molar-refractivity contribution in [2.45, 2.75) is 19.3 Å². The number of hydrogen-bond donors (Lipinski definition) is 0. The number of nitrogens with zero attached hydrogens (tertiary/aromatic N) is 2. The molecule has 2 saturated heterocycles. The first-order valence-corrected chi connectivity index (χ1v) is 6.02. The molecule has 0 aromatic rings. The Morgan fingerprint density at radius 2 is 1.77 bits per heavy atom. The van der Waals surface area contributed by atoms with Crippen LogP contribution in [0.5, 0.6) is 0 Å². The van der Waals surface area contributed by atoms with Crippen molar-refractivity contribution in [3.05, 3.63) is 0 Å². The highest BCUT2D eigenvalue weighted by Crippen LogP contribution is 2.19. The molecule has 2 fully saturated rings. The summed E-state index contributed by atoms with van der Waals surface area (Å²) in [6.07, 6.45) is 2.81. The molecular weight excluding hydrogens is 192 g/mol. The van der Waals surface area contributed by atoms with E-state index in [9.17, 15) is 8.42 Å². The van der Waals surface area contributed by atoms with Crippen molar-refractivity contribution in [2.24, 2.45) is 0 Å². The average molecular weight is 206 g/mol. The van der Waals surface area contributed by atoms with Gasteiger partial charge in [-0.15, -0.1) is 0 Å². The molecular formula is C7H14N2O3S. The molecule has 76 valence electrons. The fraction of sp³-hybridized carbons (Fsp3) is 1.00. The van der Waals surface area contributed by atoms with Crippen LogP contribution >= 0.6 is 0 Å². The van der Waals surface area contributed by atoms with Crippen LogP contribution in [0.15, 0.2) is 0 Å². The van der Waals surface area contributed by atoms with Crippen molar-refractivity contribution < 1.29 is 13.3 Å². The normalized spacial score (nSPS) is 27.1. The monoisotopic (exact) mass is 206 g/mol. The van der Waals surface area contributed by atoms with E-state index >= 15 is 0 Å². The van der Waals surface area contributed by atoms with Crippen molar-refractivity contribution in [2.75, 3.05) is 26.2 Å². The van der Waals surface area contributed by atoms with Crippen LogP contribution in [0.4, 0.5) is 0 Å². The van der Waals surface area contributed by atoms with Gasteiger partial charge in [-0.3, -0.25) is 4.84 Å². The van der Waals surface area contributed by atoms with E-state index in [4.69, 9.17) is 4.84 Å². The summed E-state index contributed by atoms with van der Waals surface area (Å²) in [6.45, 7) is 2.30. The van der Waals surface area contributed by atoms with E-state index in [0.29, 0.717) is 26.2 Å². The Kier molecular flexibility index (Phi) is 2.55. The Bertz CT molecular complexity index is 267. The molecule has 13 heavy (non-hydrogen) atoms. The molecule has 2 rings (SSSR count). The average Bonchev–Trinajstić information content (AvgIpc) is 2.02. The van der Waals surface area contributed by atoms with E-state index in [-0.39, 0.29) is 0 Å². The molecule has 0 spiro atoms. The van der Waals surface area contributed by atoms with Gasteiger partial charge in [0.25, 0.3) is 0 Å². The molecule has 2 heterocycles. The van der Waals surface area contributed by atoms with E-state index in [2.05, 4.69) is 0 Å². The van der Waals surface area contributed by atoms with Crippen molar-refractivity contribution in [3.63, 3.8) is 0 Å². The third kappa shape index (κ3) is 1.71. The van der Waals surface area contributed by atoms with Crippen LogP contribution in [-0.4, -0.2) is 43.4 Å². The quantitative estimate of drug-likeness (QED) is 0.637. The molecule has 0 bridgehead atoms. The molecule has 0 unspecified atom stereocenters. The summed E-state index contributed by atoms with van der Waals surface area (Å²) in [6, 6.07) is 0. The van der Waals surface area contributed by atoms with Crippen LogP contribution in [0.3, 0.4) is 0 Å². The van der Waals surface area contributed by atoms with Crippen molar-refractivity contribution in [3.8, 4) is 0 Å². The first-order chi connectivity index (χ1) is 6.21. The van der Waals surface area contributed by atoms with Crippen LogP contribution in [-0.2, 0) is 15.0 Å². The Balaban J connectivity index is 2.03. The van der Waals surface area contributed by atoms with E-state index < -0.39 is 10.2 Å². The Hall–Kier alpha value is -0.170. The predicted molar refractivity (Wildman–Crippen MR) is 47.0 cm³/mol.